The van der Waals surface area contributed by atoms with Crippen LogP contribution in [0.5, 0.6) is 0 Å². The van der Waals surface area contributed by atoms with Gasteiger partial charge in [0, 0.05) is 44.2 Å². The van der Waals surface area contributed by atoms with Crippen LogP contribution in [0, 0.1) is 11.7 Å². The molecular formula is C19H29BrFIN4O2. The minimum absolute atomic E-state index is 0. The Morgan fingerprint density at radius 1 is 1.39 bits per heavy atom. The van der Waals surface area contributed by atoms with Gasteiger partial charge in [-0.2, -0.15) is 0 Å². The van der Waals surface area contributed by atoms with Gasteiger partial charge in [0.1, 0.15) is 12.4 Å². The predicted octanol–water partition coefficient (Wildman–Crippen LogP) is 2.80. The highest BCUT2D eigenvalue weighted by atomic mass is 127. The maximum absolute atomic E-state index is 13.9. The lowest BCUT2D eigenvalue weighted by atomic mass is 10.1. The van der Waals surface area contributed by atoms with E-state index in [0.29, 0.717) is 30.4 Å². The summed E-state index contributed by atoms with van der Waals surface area (Å²) < 4.78 is 20.0. The third-order valence-corrected chi connectivity index (χ3v) is 4.88. The van der Waals surface area contributed by atoms with Crippen molar-refractivity contribution in [2.45, 2.75) is 19.3 Å². The molecule has 0 bridgehead atoms. The predicted molar refractivity (Wildman–Crippen MR) is 124 cm³/mol. The molecule has 1 amide bonds. The first-order valence-corrected chi connectivity index (χ1v) is 9.99. The number of likely N-dealkylation sites (N-methyl/N-ethyl adjacent to an activating group) is 1. The van der Waals surface area contributed by atoms with E-state index >= 15 is 0 Å². The van der Waals surface area contributed by atoms with Gasteiger partial charge in [-0.05, 0) is 37.0 Å². The van der Waals surface area contributed by atoms with E-state index in [-0.39, 0.29) is 42.2 Å². The minimum Gasteiger partial charge on any atom is -0.381 e. The average molecular weight is 571 g/mol. The summed E-state index contributed by atoms with van der Waals surface area (Å²) in [5.74, 6) is 0.804. The van der Waals surface area contributed by atoms with E-state index in [1.54, 1.807) is 20.2 Å². The third kappa shape index (κ3) is 9.04. The van der Waals surface area contributed by atoms with Crippen molar-refractivity contribution in [2.75, 3.05) is 46.9 Å². The Bertz CT molecular complexity index is 655. The Kier molecular flexibility index (Phi) is 11.9. The van der Waals surface area contributed by atoms with Gasteiger partial charge in [-0.3, -0.25) is 4.79 Å². The van der Waals surface area contributed by atoms with Gasteiger partial charge in [0.15, 0.2) is 5.96 Å². The smallest absolute Gasteiger partial charge is 0.243 e. The molecule has 0 saturated carbocycles. The number of rotatable bonds is 8. The molecule has 1 heterocycles. The molecule has 1 aromatic rings. The number of nitrogens with zero attached hydrogens (tertiary/aromatic N) is 2. The van der Waals surface area contributed by atoms with E-state index in [0.717, 1.165) is 37.1 Å². The molecule has 28 heavy (non-hydrogen) atoms. The van der Waals surface area contributed by atoms with Crippen molar-refractivity contribution in [1.82, 2.24) is 15.5 Å². The molecule has 0 spiro atoms. The zero-order valence-electron chi connectivity index (χ0n) is 16.3. The highest BCUT2D eigenvalue weighted by Gasteiger charge is 2.16. The van der Waals surface area contributed by atoms with Crippen LogP contribution in [0.3, 0.4) is 0 Å². The summed E-state index contributed by atoms with van der Waals surface area (Å²) in [6, 6.07) is 5.12. The van der Waals surface area contributed by atoms with Crippen LogP contribution in [0.1, 0.15) is 18.4 Å². The van der Waals surface area contributed by atoms with Gasteiger partial charge >= 0.3 is 0 Å². The number of guanidine groups is 1. The number of aliphatic imine (C=N–C) groups is 1. The largest absolute Gasteiger partial charge is 0.381 e. The summed E-state index contributed by atoms with van der Waals surface area (Å²) in [5.41, 5.74) is 0.692. The Morgan fingerprint density at radius 3 is 2.82 bits per heavy atom. The monoisotopic (exact) mass is 570 g/mol. The highest BCUT2D eigenvalue weighted by molar-refractivity contribution is 14.0. The number of hydrogen-bond donors (Lipinski definition) is 2. The second kappa shape index (κ2) is 13.3. The van der Waals surface area contributed by atoms with E-state index in [4.69, 9.17) is 4.74 Å². The second-order valence-corrected chi connectivity index (χ2v) is 7.75. The molecule has 0 aliphatic carbocycles. The summed E-state index contributed by atoms with van der Waals surface area (Å²) in [4.78, 5) is 17.7. The Balaban J connectivity index is 0.00000392. The van der Waals surface area contributed by atoms with Gasteiger partial charge in [0.25, 0.3) is 0 Å². The van der Waals surface area contributed by atoms with E-state index in [1.165, 1.54) is 11.0 Å². The van der Waals surface area contributed by atoms with E-state index < -0.39 is 0 Å². The molecule has 158 valence electrons. The topological polar surface area (TPSA) is 66.0 Å². The molecule has 0 aromatic heterocycles. The Morgan fingerprint density at radius 2 is 2.18 bits per heavy atom. The van der Waals surface area contributed by atoms with Crippen molar-refractivity contribution in [3.8, 4) is 0 Å². The van der Waals surface area contributed by atoms with Crippen molar-refractivity contribution in [1.29, 1.82) is 0 Å². The fourth-order valence-electron chi connectivity index (χ4n) is 2.66. The summed E-state index contributed by atoms with van der Waals surface area (Å²) in [7, 11) is 3.42. The number of nitrogens with one attached hydrogen (secondary N) is 2. The van der Waals surface area contributed by atoms with E-state index in [9.17, 15) is 9.18 Å². The minimum atomic E-state index is -0.200. The molecule has 1 aliphatic rings. The molecule has 1 fully saturated rings. The summed E-state index contributed by atoms with van der Waals surface area (Å²) in [6.45, 7) is 3.02. The van der Waals surface area contributed by atoms with Crippen LogP contribution in [0.2, 0.25) is 0 Å². The zero-order chi connectivity index (χ0) is 19.6. The number of carbonyl (C=O) groups is 1. The molecule has 1 aromatic carbocycles. The third-order valence-electron chi connectivity index (χ3n) is 4.38. The van der Waals surface area contributed by atoms with Gasteiger partial charge in [-0.1, -0.05) is 22.0 Å². The molecular weight excluding hydrogens is 542 g/mol. The molecule has 1 atom stereocenters. The SMILES string of the molecule is CN(C)C(=O)CN=C(NCCCc1ccc(Br)cc1F)NCC1CCOC1.I. The van der Waals surface area contributed by atoms with Crippen LogP contribution in [0.15, 0.2) is 27.7 Å². The van der Waals surface area contributed by atoms with Crippen molar-refractivity contribution in [3.63, 3.8) is 0 Å². The van der Waals surface area contributed by atoms with Crippen LogP contribution in [-0.2, 0) is 16.0 Å². The summed E-state index contributed by atoms with van der Waals surface area (Å²) >= 11 is 3.27. The standard InChI is InChI=1S/C19H28BrFN4O2.HI/c1-25(2)18(26)12-24-19(23-11-14-7-9-27-13-14)22-8-3-4-15-5-6-16(20)10-17(15)21;/h5-6,10,14H,3-4,7-9,11-13H2,1-2H3,(H2,22,23,24);1H. The normalized spacial score (nSPS) is 16.4. The molecule has 2 N–H and O–H groups in total. The Labute approximate surface area is 191 Å². The molecule has 6 nitrogen and oxygen atoms in total. The van der Waals surface area contributed by atoms with E-state index in [2.05, 4.69) is 31.6 Å². The molecule has 1 unspecified atom stereocenters. The van der Waals surface area contributed by atoms with Crippen LogP contribution >= 0.6 is 39.9 Å². The second-order valence-electron chi connectivity index (χ2n) is 6.83. The number of benzene rings is 1. The molecule has 2 rings (SSSR count). The van der Waals surface area contributed by atoms with Gasteiger partial charge in [0.05, 0.1) is 6.61 Å². The number of hydrogen-bond acceptors (Lipinski definition) is 3. The first-order valence-electron chi connectivity index (χ1n) is 9.19. The van der Waals surface area contributed by atoms with Gasteiger partial charge < -0.3 is 20.3 Å². The van der Waals surface area contributed by atoms with Crippen LogP contribution in [-0.4, -0.2) is 63.7 Å². The summed E-state index contributed by atoms with van der Waals surface area (Å²) in [5, 5.41) is 6.52. The number of amides is 1. The van der Waals surface area contributed by atoms with Crippen molar-refractivity contribution in [3.05, 3.63) is 34.1 Å². The average Bonchev–Trinajstić information content (AvgIpc) is 3.14. The first kappa shape index (κ1) is 25.1. The quantitative estimate of drug-likeness (QED) is 0.218. The first-order chi connectivity index (χ1) is 13.0. The van der Waals surface area contributed by atoms with Crippen molar-refractivity contribution in [2.24, 2.45) is 10.9 Å². The lowest BCUT2D eigenvalue weighted by molar-refractivity contribution is -0.127. The maximum Gasteiger partial charge on any atom is 0.243 e. The van der Waals surface area contributed by atoms with Gasteiger partial charge in [-0.15, -0.1) is 24.0 Å². The fraction of sp³-hybridized carbons (Fsp3) is 0.579. The number of aryl methyl sites for hydroxylation is 1. The highest BCUT2D eigenvalue weighted by Crippen LogP contribution is 2.16. The number of carbonyl (C=O) groups excluding carboxylic acids is 1. The van der Waals surface area contributed by atoms with Crippen LogP contribution in [0.4, 0.5) is 4.39 Å². The van der Waals surface area contributed by atoms with Crippen LogP contribution < -0.4 is 10.6 Å². The van der Waals surface area contributed by atoms with Gasteiger partial charge in [-0.25, -0.2) is 9.38 Å². The van der Waals surface area contributed by atoms with E-state index in [1.807, 2.05) is 6.07 Å². The van der Waals surface area contributed by atoms with Crippen LogP contribution in [0.25, 0.3) is 0 Å². The summed E-state index contributed by atoms with van der Waals surface area (Å²) in [6.07, 6.45) is 2.42. The molecule has 1 aliphatic heterocycles. The maximum atomic E-state index is 13.9. The lowest BCUT2D eigenvalue weighted by Crippen LogP contribution is -2.41. The number of ether oxygens (including phenoxy) is 1. The van der Waals surface area contributed by atoms with Crippen molar-refractivity contribution < 1.29 is 13.9 Å². The number of halogens is 3. The lowest BCUT2D eigenvalue weighted by Gasteiger charge is -2.16. The molecule has 9 heteroatoms. The van der Waals surface area contributed by atoms with Gasteiger partial charge in [0.2, 0.25) is 5.91 Å². The molecule has 0 radical (unpaired) electrons. The fourth-order valence-corrected chi connectivity index (χ4v) is 2.99. The molecule has 1 saturated heterocycles. The Hall–Kier alpha value is -0.940. The van der Waals surface area contributed by atoms with Crippen molar-refractivity contribution >= 4 is 51.8 Å². The zero-order valence-corrected chi connectivity index (χ0v) is 20.3.